The first-order valence-electron chi connectivity index (χ1n) is 5.79. The Morgan fingerprint density at radius 2 is 2.12 bits per heavy atom. The fourth-order valence-electron chi connectivity index (χ4n) is 1.44. The van der Waals surface area contributed by atoms with Crippen molar-refractivity contribution in [3.05, 3.63) is 19.2 Å². The summed E-state index contributed by atoms with van der Waals surface area (Å²) < 4.78 is 7.78. The first kappa shape index (κ1) is 15.6. The molecule has 0 radical (unpaired) electrons. The molecule has 0 fully saturated rings. The lowest BCUT2D eigenvalue weighted by Crippen LogP contribution is -2.37. The third-order valence-corrected chi connectivity index (χ3v) is 5.80. The second-order valence-corrected chi connectivity index (χ2v) is 7.53. The summed E-state index contributed by atoms with van der Waals surface area (Å²) >= 11 is 8.78. The Hall–Kier alpha value is 0.580. The van der Waals surface area contributed by atoms with Gasteiger partial charge in [0, 0.05) is 28.5 Å². The number of hydrogen-bond acceptors (Lipinski definition) is 3. The largest absolute Gasteiger partial charge is 0.380 e. The average Bonchev–Trinajstić information content (AvgIpc) is 2.58. The number of thiophene rings is 1. The molecular weight excluding hydrogens is 366 g/mol. The molecule has 17 heavy (non-hydrogen) atoms. The molecule has 1 unspecified atom stereocenters. The van der Waals surface area contributed by atoms with Gasteiger partial charge in [-0.2, -0.15) is 0 Å². The number of ether oxygens (including phenoxy) is 1. The molecule has 0 aliphatic rings. The molecule has 0 amide bonds. The second kappa shape index (κ2) is 7.89. The van der Waals surface area contributed by atoms with Gasteiger partial charge in [0.15, 0.2) is 0 Å². The van der Waals surface area contributed by atoms with E-state index >= 15 is 0 Å². The Balaban J connectivity index is 2.45. The van der Waals surface area contributed by atoms with Crippen LogP contribution < -0.4 is 5.32 Å². The maximum atomic E-state index is 5.50. The van der Waals surface area contributed by atoms with E-state index in [1.165, 1.54) is 4.88 Å². The Bertz CT molecular complexity index is 322. The Morgan fingerprint density at radius 1 is 1.41 bits per heavy atom. The quantitative estimate of drug-likeness (QED) is 0.750. The summed E-state index contributed by atoms with van der Waals surface area (Å²) in [5.74, 6) is 0.577. The van der Waals surface area contributed by atoms with Crippen molar-refractivity contribution in [1.82, 2.24) is 5.32 Å². The van der Waals surface area contributed by atoms with Gasteiger partial charge in [-0.25, -0.2) is 0 Å². The van der Waals surface area contributed by atoms with Gasteiger partial charge < -0.3 is 10.1 Å². The van der Waals surface area contributed by atoms with E-state index in [1.807, 2.05) is 6.92 Å². The third-order valence-electron chi connectivity index (χ3n) is 2.54. The van der Waals surface area contributed by atoms with Crippen LogP contribution in [0, 0.1) is 5.92 Å². The molecule has 0 aliphatic carbocycles. The van der Waals surface area contributed by atoms with Crippen LogP contribution in [0.15, 0.2) is 14.3 Å². The molecule has 0 aromatic carbocycles. The minimum atomic E-state index is 0.412. The van der Waals surface area contributed by atoms with Crippen molar-refractivity contribution in [3.8, 4) is 0 Å². The predicted molar refractivity (Wildman–Crippen MR) is 81.7 cm³/mol. The van der Waals surface area contributed by atoms with Gasteiger partial charge in [-0.15, -0.1) is 11.3 Å². The van der Waals surface area contributed by atoms with Gasteiger partial charge in [0.05, 0.1) is 10.4 Å². The van der Waals surface area contributed by atoms with Crippen molar-refractivity contribution in [3.63, 3.8) is 0 Å². The molecule has 1 rings (SSSR count). The molecule has 1 heterocycles. The zero-order chi connectivity index (χ0) is 12.8. The van der Waals surface area contributed by atoms with Crippen LogP contribution in [-0.4, -0.2) is 19.3 Å². The summed E-state index contributed by atoms with van der Waals surface area (Å²) in [6.45, 7) is 8.92. The van der Waals surface area contributed by atoms with Crippen molar-refractivity contribution < 1.29 is 4.74 Å². The van der Waals surface area contributed by atoms with Crippen LogP contribution in [0.1, 0.15) is 25.6 Å². The van der Waals surface area contributed by atoms with Gasteiger partial charge in [-0.3, -0.25) is 0 Å². The van der Waals surface area contributed by atoms with Gasteiger partial charge in [0.2, 0.25) is 0 Å². The fourth-order valence-corrected chi connectivity index (χ4v) is 3.57. The van der Waals surface area contributed by atoms with Gasteiger partial charge in [0.25, 0.3) is 0 Å². The molecule has 1 aromatic rings. The van der Waals surface area contributed by atoms with Crippen LogP contribution in [0.3, 0.4) is 0 Å². The lowest BCUT2D eigenvalue weighted by Gasteiger charge is -2.21. The Morgan fingerprint density at radius 3 is 2.59 bits per heavy atom. The summed E-state index contributed by atoms with van der Waals surface area (Å²) in [4.78, 5) is 1.32. The molecule has 5 heteroatoms. The molecule has 0 aliphatic heterocycles. The topological polar surface area (TPSA) is 21.3 Å². The summed E-state index contributed by atoms with van der Waals surface area (Å²) in [5.41, 5.74) is 0. The Labute approximate surface area is 124 Å². The smallest absolute Gasteiger partial charge is 0.0843 e. The van der Waals surface area contributed by atoms with E-state index in [9.17, 15) is 0 Å². The first-order valence-corrected chi connectivity index (χ1v) is 8.19. The summed E-state index contributed by atoms with van der Waals surface area (Å²) in [6, 6.07) is 2.56. The maximum absolute atomic E-state index is 5.50. The maximum Gasteiger partial charge on any atom is 0.0843 e. The van der Waals surface area contributed by atoms with E-state index in [0.29, 0.717) is 12.0 Å². The van der Waals surface area contributed by atoms with E-state index < -0.39 is 0 Å². The molecule has 0 saturated carbocycles. The molecule has 0 saturated heterocycles. The third kappa shape index (κ3) is 5.39. The highest BCUT2D eigenvalue weighted by atomic mass is 79.9. The van der Waals surface area contributed by atoms with Gasteiger partial charge in [-0.05, 0) is 50.8 Å². The monoisotopic (exact) mass is 383 g/mol. The number of rotatable bonds is 7. The summed E-state index contributed by atoms with van der Waals surface area (Å²) in [7, 11) is 0. The average molecular weight is 385 g/mol. The van der Waals surface area contributed by atoms with Crippen molar-refractivity contribution in [2.45, 2.75) is 33.4 Å². The first-order chi connectivity index (χ1) is 8.04. The zero-order valence-electron chi connectivity index (χ0n) is 10.4. The number of hydrogen-bond donors (Lipinski definition) is 1. The minimum absolute atomic E-state index is 0.412. The fraction of sp³-hybridized carbons (Fsp3) is 0.667. The van der Waals surface area contributed by atoms with E-state index in [2.05, 4.69) is 57.1 Å². The SMILES string of the molecule is CCOCC(NCc1cc(Br)c(Br)s1)C(C)C. The molecule has 2 nitrogen and oxygen atoms in total. The standard InChI is InChI=1S/C12H19Br2NOS/c1-4-16-7-11(8(2)3)15-6-9-5-10(13)12(14)17-9/h5,8,11,15H,4,6-7H2,1-3H3. The van der Waals surface area contributed by atoms with E-state index in [-0.39, 0.29) is 0 Å². The molecule has 1 N–H and O–H groups in total. The van der Waals surface area contributed by atoms with Crippen molar-refractivity contribution in [1.29, 1.82) is 0 Å². The lowest BCUT2D eigenvalue weighted by atomic mass is 10.1. The van der Waals surface area contributed by atoms with Crippen LogP contribution in [0.4, 0.5) is 0 Å². The number of halogens is 2. The minimum Gasteiger partial charge on any atom is -0.380 e. The van der Waals surface area contributed by atoms with Crippen LogP contribution in [0.2, 0.25) is 0 Å². The van der Waals surface area contributed by atoms with Gasteiger partial charge in [-0.1, -0.05) is 13.8 Å². The van der Waals surface area contributed by atoms with Crippen LogP contribution in [0.5, 0.6) is 0 Å². The summed E-state index contributed by atoms with van der Waals surface area (Å²) in [6.07, 6.45) is 0. The molecular formula is C12H19Br2NOS. The highest BCUT2D eigenvalue weighted by Crippen LogP contribution is 2.32. The molecule has 0 bridgehead atoms. The van der Waals surface area contributed by atoms with Gasteiger partial charge in [0.1, 0.15) is 0 Å². The van der Waals surface area contributed by atoms with E-state index in [4.69, 9.17) is 4.74 Å². The van der Waals surface area contributed by atoms with Crippen molar-refractivity contribution >= 4 is 43.2 Å². The highest BCUT2D eigenvalue weighted by Gasteiger charge is 2.13. The van der Waals surface area contributed by atoms with E-state index in [0.717, 1.165) is 28.0 Å². The predicted octanol–water partition coefficient (Wildman–Crippen LogP) is 4.42. The second-order valence-electron chi connectivity index (χ2n) is 4.23. The molecule has 98 valence electrons. The molecule has 0 spiro atoms. The highest BCUT2D eigenvalue weighted by molar-refractivity contribution is 9.13. The van der Waals surface area contributed by atoms with E-state index in [1.54, 1.807) is 11.3 Å². The van der Waals surface area contributed by atoms with Crippen molar-refractivity contribution in [2.24, 2.45) is 5.92 Å². The molecule has 1 aromatic heterocycles. The number of nitrogens with one attached hydrogen (secondary N) is 1. The molecule has 1 atom stereocenters. The van der Waals surface area contributed by atoms with Crippen molar-refractivity contribution in [2.75, 3.05) is 13.2 Å². The van der Waals surface area contributed by atoms with Crippen LogP contribution >= 0.6 is 43.2 Å². The van der Waals surface area contributed by atoms with Crippen LogP contribution in [0.25, 0.3) is 0 Å². The van der Waals surface area contributed by atoms with Gasteiger partial charge >= 0.3 is 0 Å². The Kier molecular flexibility index (Phi) is 7.26. The zero-order valence-corrected chi connectivity index (χ0v) is 14.4. The van der Waals surface area contributed by atoms with Crippen LogP contribution in [-0.2, 0) is 11.3 Å². The summed E-state index contributed by atoms with van der Waals surface area (Å²) in [5, 5.41) is 3.55. The lowest BCUT2D eigenvalue weighted by molar-refractivity contribution is 0.108. The normalized spacial score (nSPS) is 13.3.